The standard InChI is InChI=1S/C14H19N3O4S/c1-6-4-17(14-11(20)10(19)8(5-18)21-14)12-9(6)13(22-3)16-7(2)15-12/h4,8,10-11,14,18-20H,5H2,1-3H3/t8-,10-,11-,14-/m1/s1. The fraction of sp³-hybridized carbons (Fsp3) is 0.571. The average molecular weight is 325 g/mol. The molecule has 4 atom stereocenters. The lowest BCUT2D eigenvalue weighted by Gasteiger charge is -2.17. The first-order valence-electron chi connectivity index (χ1n) is 7.00. The van der Waals surface area contributed by atoms with Crippen molar-refractivity contribution in [2.24, 2.45) is 0 Å². The van der Waals surface area contributed by atoms with E-state index in [-0.39, 0.29) is 6.61 Å². The molecule has 1 saturated heterocycles. The normalized spacial score (nSPS) is 28.6. The third-order valence-corrected chi connectivity index (χ3v) is 4.61. The van der Waals surface area contributed by atoms with Crippen LogP contribution in [0.5, 0.6) is 0 Å². The molecule has 0 aromatic carbocycles. The van der Waals surface area contributed by atoms with Crippen molar-refractivity contribution >= 4 is 22.8 Å². The van der Waals surface area contributed by atoms with Gasteiger partial charge in [-0.1, -0.05) is 0 Å². The number of hydrogen-bond acceptors (Lipinski definition) is 7. The van der Waals surface area contributed by atoms with Gasteiger partial charge in [-0.2, -0.15) is 0 Å². The van der Waals surface area contributed by atoms with Crippen molar-refractivity contribution in [3.05, 3.63) is 17.6 Å². The first-order valence-corrected chi connectivity index (χ1v) is 8.22. The van der Waals surface area contributed by atoms with Gasteiger partial charge in [0.15, 0.2) is 6.23 Å². The molecular formula is C14H19N3O4S. The van der Waals surface area contributed by atoms with Crippen molar-refractivity contribution in [2.75, 3.05) is 12.9 Å². The van der Waals surface area contributed by atoms with E-state index in [9.17, 15) is 15.3 Å². The number of hydrogen-bond donors (Lipinski definition) is 3. The maximum Gasteiger partial charge on any atom is 0.164 e. The molecule has 8 heteroatoms. The minimum Gasteiger partial charge on any atom is -0.394 e. The second kappa shape index (κ2) is 5.78. The Morgan fingerprint density at radius 3 is 2.59 bits per heavy atom. The number of aromatic nitrogens is 3. The van der Waals surface area contributed by atoms with Gasteiger partial charge in [-0.05, 0) is 25.7 Å². The minimum atomic E-state index is -1.13. The smallest absolute Gasteiger partial charge is 0.164 e. The van der Waals surface area contributed by atoms with Gasteiger partial charge in [0, 0.05) is 6.20 Å². The molecule has 2 aromatic rings. The highest BCUT2D eigenvalue weighted by atomic mass is 32.2. The third-order valence-electron chi connectivity index (χ3n) is 3.92. The van der Waals surface area contributed by atoms with Crippen LogP contribution in [0.3, 0.4) is 0 Å². The van der Waals surface area contributed by atoms with Gasteiger partial charge < -0.3 is 24.6 Å². The van der Waals surface area contributed by atoms with E-state index in [1.807, 2.05) is 26.3 Å². The lowest BCUT2D eigenvalue weighted by atomic mass is 10.1. The number of nitrogens with zero attached hydrogens (tertiary/aromatic N) is 3. The molecular weight excluding hydrogens is 306 g/mol. The molecule has 3 rings (SSSR count). The maximum atomic E-state index is 10.2. The Labute approximate surface area is 132 Å². The van der Waals surface area contributed by atoms with E-state index in [1.54, 1.807) is 4.57 Å². The summed E-state index contributed by atoms with van der Waals surface area (Å²) in [5.41, 5.74) is 1.63. The van der Waals surface area contributed by atoms with Crippen molar-refractivity contribution in [1.82, 2.24) is 14.5 Å². The summed E-state index contributed by atoms with van der Waals surface area (Å²) in [5.74, 6) is 0.628. The number of rotatable bonds is 3. The number of fused-ring (bicyclic) bond motifs is 1. The zero-order chi connectivity index (χ0) is 16.0. The molecule has 3 heterocycles. The fourth-order valence-electron chi connectivity index (χ4n) is 2.85. The van der Waals surface area contributed by atoms with Gasteiger partial charge >= 0.3 is 0 Å². The van der Waals surface area contributed by atoms with Crippen LogP contribution in [0, 0.1) is 13.8 Å². The zero-order valence-corrected chi connectivity index (χ0v) is 13.4. The fourth-order valence-corrected chi connectivity index (χ4v) is 3.53. The van der Waals surface area contributed by atoms with Crippen LogP contribution in [0.25, 0.3) is 11.0 Å². The Bertz CT molecular complexity index is 705. The van der Waals surface area contributed by atoms with Crippen LogP contribution < -0.4 is 0 Å². The highest BCUT2D eigenvalue weighted by Gasteiger charge is 2.44. The van der Waals surface area contributed by atoms with Crippen molar-refractivity contribution in [1.29, 1.82) is 0 Å². The molecule has 7 nitrogen and oxygen atoms in total. The summed E-state index contributed by atoms with van der Waals surface area (Å²) in [6.07, 6.45) is -0.0625. The first kappa shape index (κ1) is 15.7. The second-order valence-electron chi connectivity index (χ2n) is 5.43. The Morgan fingerprint density at radius 1 is 1.27 bits per heavy atom. The lowest BCUT2D eigenvalue weighted by Crippen LogP contribution is -2.33. The Kier molecular flexibility index (Phi) is 4.13. The summed E-state index contributed by atoms with van der Waals surface area (Å²) in [5, 5.41) is 31.2. The minimum absolute atomic E-state index is 0.350. The van der Waals surface area contributed by atoms with Gasteiger partial charge in [-0.3, -0.25) is 0 Å². The molecule has 2 aromatic heterocycles. The van der Waals surface area contributed by atoms with Crippen LogP contribution in [0.4, 0.5) is 0 Å². The summed E-state index contributed by atoms with van der Waals surface area (Å²) < 4.78 is 7.31. The highest BCUT2D eigenvalue weighted by Crippen LogP contribution is 2.35. The van der Waals surface area contributed by atoms with Crippen LogP contribution in [0.15, 0.2) is 11.2 Å². The Hall–Kier alpha value is -1.19. The molecule has 0 radical (unpaired) electrons. The maximum absolute atomic E-state index is 10.2. The van der Waals surface area contributed by atoms with Crippen molar-refractivity contribution < 1.29 is 20.1 Å². The van der Waals surface area contributed by atoms with E-state index in [1.165, 1.54) is 11.8 Å². The molecule has 1 aliphatic rings. The molecule has 0 bridgehead atoms. The van der Waals surface area contributed by atoms with Crippen LogP contribution >= 0.6 is 11.8 Å². The first-order chi connectivity index (χ1) is 10.5. The molecule has 0 spiro atoms. The van der Waals surface area contributed by atoms with E-state index >= 15 is 0 Å². The molecule has 0 aliphatic carbocycles. The monoisotopic (exact) mass is 325 g/mol. The van der Waals surface area contributed by atoms with Gasteiger partial charge in [-0.25, -0.2) is 9.97 Å². The number of aryl methyl sites for hydroxylation is 2. The average Bonchev–Trinajstić information content (AvgIpc) is 2.97. The summed E-state index contributed by atoms with van der Waals surface area (Å²) >= 11 is 1.53. The summed E-state index contributed by atoms with van der Waals surface area (Å²) in [4.78, 5) is 8.89. The molecule has 1 aliphatic heterocycles. The van der Waals surface area contributed by atoms with E-state index in [2.05, 4.69) is 9.97 Å². The zero-order valence-electron chi connectivity index (χ0n) is 12.6. The number of aliphatic hydroxyl groups is 3. The van der Waals surface area contributed by atoms with Crippen LogP contribution in [0.1, 0.15) is 17.6 Å². The summed E-state index contributed by atoms with van der Waals surface area (Å²) in [6, 6.07) is 0. The quantitative estimate of drug-likeness (QED) is 0.554. The van der Waals surface area contributed by atoms with Crippen LogP contribution in [-0.2, 0) is 4.74 Å². The summed E-state index contributed by atoms with van der Waals surface area (Å²) in [6.45, 7) is 3.40. The van der Waals surface area contributed by atoms with Crippen molar-refractivity contribution in [2.45, 2.75) is 43.4 Å². The van der Waals surface area contributed by atoms with Gasteiger partial charge in [-0.15, -0.1) is 11.8 Å². The van der Waals surface area contributed by atoms with E-state index in [4.69, 9.17) is 4.74 Å². The number of aliphatic hydroxyl groups excluding tert-OH is 3. The molecule has 0 saturated carbocycles. The predicted octanol–water partition coefficient (Wildman–Crippen LogP) is 0.382. The van der Waals surface area contributed by atoms with E-state index < -0.39 is 24.5 Å². The Balaban J connectivity index is 2.14. The third kappa shape index (κ3) is 2.31. The van der Waals surface area contributed by atoms with Crippen LogP contribution in [-0.4, -0.2) is 61.0 Å². The Morgan fingerprint density at radius 2 is 2.00 bits per heavy atom. The number of ether oxygens (including phenoxy) is 1. The van der Waals surface area contributed by atoms with E-state index in [0.29, 0.717) is 11.5 Å². The second-order valence-corrected chi connectivity index (χ2v) is 6.22. The van der Waals surface area contributed by atoms with Crippen molar-refractivity contribution in [3.8, 4) is 0 Å². The van der Waals surface area contributed by atoms with E-state index in [0.717, 1.165) is 16.0 Å². The van der Waals surface area contributed by atoms with Gasteiger partial charge in [0.25, 0.3) is 0 Å². The molecule has 3 N–H and O–H groups in total. The molecule has 1 fully saturated rings. The molecule has 120 valence electrons. The van der Waals surface area contributed by atoms with Gasteiger partial charge in [0.05, 0.1) is 12.0 Å². The topological polar surface area (TPSA) is 101 Å². The predicted molar refractivity (Wildman–Crippen MR) is 81.8 cm³/mol. The number of thioether (sulfide) groups is 1. The highest BCUT2D eigenvalue weighted by molar-refractivity contribution is 7.98. The summed E-state index contributed by atoms with van der Waals surface area (Å²) in [7, 11) is 0. The van der Waals surface area contributed by atoms with Gasteiger partial charge in [0.1, 0.15) is 34.8 Å². The molecule has 0 amide bonds. The van der Waals surface area contributed by atoms with Crippen LogP contribution in [0.2, 0.25) is 0 Å². The van der Waals surface area contributed by atoms with Crippen molar-refractivity contribution in [3.63, 3.8) is 0 Å². The van der Waals surface area contributed by atoms with Gasteiger partial charge in [0.2, 0.25) is 0 Å². The SMILES string of the molecule is CSc1nc(C)nc2c1c(C)cn2[C@@H]1O[C@H](CO)[C@@H](O)[C@H]1O. The molecule has 22 heavy (non-hydrogen) atoms. The lowest BCUT2D eigenvalue weighted by molar-refractivity contribution is -0.0509. The molecule has 0 unspecified atom stereocenters. The largest absolute Gasteiger partial charge is 0.394 e.